The SMILES string of the molecule is CCOc1ccccc1/C=C/C(=O)OCc1csc(COc2ccc(F)cc2)n1. The summed E-state index contributed by atoms with van der Waals surface area (Å²) in [7, 11) is 0. The van der Waals surface area contributed by atoms with E-state index in [4.69, 9.17) is 14.2 Å². The molecule has 0 atom stereocenters. The maximum absolute atomic E-state index is 12.9. The highest BCUT2D eigenvalue weighted by Crippen LogP contribution is 2.20. The van der Waals surface area contributed by atoms with Crippen LogP contribution >= 0.6 is 11.3 Å². The number of hydrogen-bond acceptors (Lipinski definition) is 6. The third-order valence-corrected chi connectivity index (χ3v) is 4.63. The fourth-order valence-electron chi connectivity index (χ4n) is 2.41. The van der Waals surface area contributed by atoms with E-state index in [-0.39, 0.29) is 19.0 Å². The van der Waals surface area contributed by atoms with Crippen LogP contribution in [0.5, 0.6) is 11.5 Å². The van der Waals surface area contributed by atoms with Crippen molar-refractivity contribution in [2.75, 3.05) is 6.61 Å². The van der Waals surface area contributed by atoms with E-state index in [1.807, 2.05) is 36.6 Å². The van der Waals surface area contributed by atoms with E-state index in [0.29, 0.717) is 23.8 Å². The molecule has 5 nitrogen and oxygen atoms in total. The van der Waals surface area contributed by atoms with Gasteiger partial charge in [-0.05, 0) is 43.3 Å². The second kappa shape index (κ2) is 10.4. The van der Waals surface area contributed by atoms with Crippen LogP contribution < -0.4 is 9.47 Å². The van der Waals surface area contributed by atoms with E-state index in [1.165, 1.54) is 29.5 Å². The van der Waals surface area contributed by atoms with E-state index >= 15 is 0 Å². The molecule has 0 spiro atoms. The first-order valence-electron chi connectivity index (χ1n) is 9.02. The molecule has 0 saturated carbocycles. The molecule has 0 unspecified atom stereocenters. The number of carbonyl (C=O) groups excluding carboxylic acids is 1. The number of hydrogen-bond donors (Lipinski definition) is 0. The zero-order chi connectivity index (χ0) is 20.5. The molecule has 3 aromatic rings. The predicted molar refractivity (Wildman–Crippen MR) is 109 cm³/mol. The molecule has 0 fully saturated rings. The van der Waals surface area contributed by atoms with Gasteiger partial charge in [0.15, 0.2) is 0 Å². The van der Waals surface area contributed by atoms with Crippen molar-refractivity contribution in [2.45, 2.75) is 20.1 Å². The molecule has 3 rings (SSSR count). The lowest BCUT2D eigenvalue weighted by Crippen LogP contribution is -2.02. The molecular formula is C22H20FNO4S. The lowest BCUT2D eigenvalue weighted by molar-refractivity contribution is -0.139. The van der Waals surface area contributed by atoms with E-state index in [0.717, 1.165) is 10.6 Å². The average molecular weight is 413 g/mol. The Hall–Kier alpha value is -3.19. The number of ether oxygens (including phenoxy) is 3. The lowest BCUT2D eigenvalue weighted by atomic mass is 10.2. The second-order valence-corrected chi connectivity index (χ2v) is 6.83. The van der Waals surface area contributed by atoms with Gasteiger partial charge in [0.25, 0.3) is 0 Å². The number of nitrogens with zero attached hydrogens (tertiary/aromatic N) is 1. The summed E-state index contributed by atoms with van der Waals surface area (Å²) in [6, 6.07) is 13.2. The fraction of sp³-hybridized carbons (Fsp3) is 0.182. The Balaban J connectivity index is 1.47. The number of carbonyl (C=O) groups is 1. The standard InChI is InChI=1S/C22H20FNO4S/c1-2-26-20-6-4-3-5-16(20)7-12-22(25)28-13-18-15-29-21(24-18)14-27-19-10-8-17(23)9-11-19/h3-12,15H,2,13-14H2,1H3/b12-7+. The third-order valence-electron chi connectivity index (χ3n) is 3.76. The largest absolute Gasteiger partial charge is 0.493 e. The van der Waals surface area contributed by atoms with Gasteiger partial charge in [-0.1, -0.05) is 18.2 Å². The summed E-state index contributed by atoms with van der Waals surface area (Å²) >= 11 is 1.41. The minimum atomic E-state index is -0.464. The Morgan fingerprint density at radius 3 is 2.69 bits per heavy atom. The van der Waals surface area contributed by atoms with Crippen LogP contribution in [0.15, 0.2) is 60.0 Å². The fourth-order valence-corrected chi connectivity index (χ4v) is 3.10. The zero-order valence-corrected chi connectivity index (χ0v) is 16.7. The molecule has 2 aromatic carbocycles. The number of para-hydroxylation sites is 1. The summed E-state index contributed by atoms with van der Waals surface area (Å²) in [5.74, 6) is 0.496. The van der Waals surface area contributed by atoms with Crippen molar-refractivity contribution < 1.29 is 23.4 Å². The minimum Gasteiger partial charge on any atom is -0.493 e. The quantitative estimate of drug-likeness (QED) is 0.364. The van der Waals surface area contributed by atoms with E-state index in [1.54, 1.807) is 18.2 Å². The van der Waals surface area contributed by atoms with Gasteiger partial charge < -0.3 is 14.2 Å². The highest BCUT2D eigenvalue weighted by atomic mass is 32.1. The number of halogens is 1. The molecule has 0 N–H and O–H groups in total. The second-order valence-electron chi connectivity index (χ2n) is 5.89. The van der Waals surface area contributed by atoms with Crippen LogP contribution in [0.2, 0.25) is 0 Å². The van der Waals surface area contributed by atoms with E-state index < -0.39 is 5.97 Å². The zero-order valence-electron chi connectivity index (χ0n) is 15.8. The Morgan fingerprint density at radius 1 is 1.10 bits per heavy atom. The Kier molecular flexibility index (Phi) is 7.35. The molecule has 1 aromatic heterocycles. The average Bonchev–Trinajstić information content (AvgIpc) is 3.19. The van der Waals surface area contributed by atoms with Crippen LogP contribution in [0, 0.1) is 5.82 Å². The van der Waals surface area contributed by atoms with Crippen LogP contribution in [0.1, 0.15) is 23.2 Å². The number of rotatable bonds is 9. The van der Waals surface area contributed by atoms with Crippen molar-refractivity contribution in [1.82, 2.24) is 4.98 Å². The van der Waals surface area contributed by atoms with Gasteiger partial charge in [0.2, 0.25) is 0 Å². The van der Waals surface area contributed by atoms with Crippen molar-refractivity contribution in [3.05, 3.63) is 82.1 Å². The smallest absolute Gasteiger partial charge is 0.331 e. The highest BCUT2D eigenvalue weighted by Gasteiger charge is 2.06. The summed E-state index contributed by atoms with van der Waals surface area (Å²) in [4.78, 5) is 16.3. The van der Waals surface area contributed by atoms with Gasteiger partial charge in [0, 0.05) is 17.0 Å². The molecule has 0 bridgehead atoms. The monoisotopic (exact) mass is 413 g/mol. The lowest BCUT2D eigenvalue weighted by Gasteiger charge is -2.06. The van der Waals surface area contributed by atoms with E-state index in [2.05, 4.69) is 4.98 Å². The summed E-state index contributed by atoms with van der Waals surface area (Å²) in [5.41, 5.74) is 1.45. The highest BCUT2D eigenvalue weighted by molar-refractivity contribution is 7.09. The van der Waals surface area contributed by atoms with Crippen LogP contribution in [0.3, 0.4) is 0 Å². The van der Waals surface area contributed by atoms with Gasteiger partial charge in [0.1, 0.15) is 35.5 Å². The summed E-state index contributed by atoms with van der Waals surface area (Å²) < 4.78 is 29.2. The summed E-state index contributed by atoms with van der Waals surface area (Å²) in [6.45, 7) is 2.79. The topological polar surface area (TPSA) is 57.7 Å². The van der Waals surface area contributed by atoms with Gasteiger partial charge >= 0.3 is 5.97 Å². The molecule has 0 radical (unpaired) electrons. The van der Waals surface area contributed by atoms with Crippen LogP contribution in [0.25, 0.3) is 6.08 Å². The summed E-state index contributed by atoms with van der Waals surface area (Å²) in [5, 5.41) is 2.55. The van der Waals surface area contributed by atoms with Gasteiger partial charge in [-0.2, -0.15) is 0 Å². The molecule has 0 aliphatic rings. The van der Waals surface area contributed by atoms with Crippen LogP contribution in [0.4, 0.5) is 4.39 Å². The van der Waals surface area contributed by atoms with Crippen molar-refractivity contribution in [3.63, 3.8) is 0 Å². The van der Waals surface area contributed by atoms with E-state index in [9.17, 15) is 9.18 Å². The molecule has 29 heavy (non-hydrogen) atoms. The van der Waals surface area contributed by atoms with Crippen LogP contribution in [-0.4, -0.2) is 17.6 Å². The van der Waals surface area contributed by atoms with Crippen LogP contribution in [-0.2, 0) is 22.7 Å². The number of benzene rings is 2. The molecule has 0 saturated heterocycles. The van der Waals surface area contributed by atoms with Gasteiger partial charge in [0.05, 0.1) is 12.3 Å². The first kappa shape index (κ1) is 20.5. The van der Waals surface area contributed by atoms with Crippen molar-refractivity contribution in [2.24, 2.45) is 0 Å². The molecule has 0 aliphatic carbocycles. The Labute approximate surface area is 172 Å². The molecule has 1 heterocycles. The number of aromatic nitrogens is 1. The van der Waals surface area contributed by atoms with Crippen molar-refractivity contribution in [3.8, 4) is 11.5 Å². The molecule has 0 amide bonds. The molecular weight excluding hydrogens is 393 g/mol. The summed E-state index contributed by atoms with van der Waals surface area (Å²) in [6.07, 6.45) is 3.03. The Morgan fingerprint density at radius 2 is 1.90 bits per heavy atom. The number of thiazole rings is 1. The maximum atomic E-state index is 12.9. The minimum absolute atomic E-state index is 0.0727. The van der Waals surface area contributed by atoms with Crippen molar-refractivity contribution >= 4 is 23.4 Å². The van der Waals surface area contributed by atoms with Gasteiger partial charge in [-0.15, -0.1) is 11.3 Å². The van der Waals surface area contributed by atoms with Gasteiger partial charge in [-0.25, -0.2) is 14.2 Å². The van der Waals surface area contributed by atoms with Crippen molar-refractivity contribution in [1.29, 1.82) is 0 Å². The number of esters is 1. The first-order chi connectivity index (χ1) is 14.1. The van der Waals surface area contributed by atoms with Gasteiger partial charge in [-0.3, -0.25) is 0 Å². The molecule has 0 aliphatic heterocycles. The third kappa shape index (κ3) is 6.43. The normalized spacial score (nSPS) is 10.8. The maximum Gasteiger partial charge on any atom is 0.331 e. The Bertz CT molecular complexity index is 969. The first-order valence-corrected chi connectivity index (χ1v) is 9.90. The predicted octanol–water partition coefficient (Wildman–Crippen LogP) is 5.02. The molecule has 7 heteroatoms. The molecule has 150 valence electrons.